The lowest BCUT2D eigenvalue weighted by Gasteiger charge is -2.20. The van der Waals surface area contributed by atoms with E-state index >= 15 is 0 Å². The van der Waals surface area contributed by atoms with Gasteiger partial charge in [0.15, 0.2) is 0 Å². The lowest BCUT2D eigenvalue weighted by molar-refractivity contribution is 0.244. The van der Waals surface area contributed by atoms with Crippen molar-refractivity contribution < 1.29 is 4.79 Å². The Bertz CT molecular complexity index is 539. The highest BCUT2D eigenvalue weighted by atomic mass is 16.2. The molecular weight excluding hydrogens is 242 g/mol. The molecule has 0 aliphatic rings. The molecule has 0 saturated carbocycles. The molecule has 0 bridgehead atoms. The molecule has 0 fully saturated rings. The third-order valence-electron chi connectivity index (χ3n) is 2.26. The quantitative estimate of drug-likeness (QED) is 0.868. The summed E-state index contributed by atoms with van der Waals surface area (Å²) in [6.07, 6.45) is 6.77. The van der Waals surface area contributed by atoms with E-state index in [2.05, 4.69) is 20.6 Å². The van der Waals surface area contributed by atoms with Crippen molar-refractivity contribution in [2.24, 2.45) is 0 Å². The summed E-state index contributed by atoms with van der Waals surface area (Å²) in [5.74, 6) is 0.749. The summed E-state index contributed by atoms with van der Waals surface area (Å²) < 4.78 is 1.79. The Morgan fingerprint density at radius 2 is 2.11 bits per heavy atom. The minimum Gasteiger partial charge on any atom is -0.333 e. The van der Waals surface area contributed by atoms with Gasteiger partial charge in [-0.2, -0.15) is 0 Å². The number of carbonyl (C=O) groups is 1. The maximum absolute atomic E-state index is 11.7. The van der Waals surface area contributed by atoms with E-state index in [-0.39, 0.29) is 11.6 Å². The molecule has 0 aliphatic heterocycles. The van der Waals surface area contributed by atoms with Gasteiger partial charge in [0.1, 0.15) is 12.1 Å². The zero-order valence-corrected chi connectivity index (χ0v) is 11.2. The Morgan fingerprint density at radius 1 is 1.32 bits per heavy atom. The number of aromatic nitrogens is 3. The molecule has 0 aliphatic carbocycles. The van der Waals surface area contributed by atoms with Crippen LogP contribution in [0.3, 0.4) is 0 Å². The van der Waals surface area contributed by atoms with Gasteiger partial charge in [0, 0.05) is 17.9 Å². The van der Waals surface area contributed by atoms with Gasteiger partial charge in [-0.15, -0.1) is 0 Å². The van der Waals surface area contributed by atoms with E-state index in [9.17, 15) is 4.79 Å². The van der Waals surface area contributed by atoms with Crippen molar-refractivity contribution in [2.75, 3.05) is 5.32 Å². The van der Waals surface area contributed by atoms with Crippen LogP contribution in [0.15, 0.2) is 37.1 Å². The highest BCUT2D eigenvalue weighted by molar-refractivity contribution is 5.89. The highest BCUT2D eigenvalue weighted by Gasteiger charge is 2.13. The number of hydrogen-bond acceptors (Lipinski definition) is 3. The normalized spacial score (nSPS) is 11.1. The van der Waals surface area contributed by atoms with Crippen molar-refractivity contribution >= 4 is 11.7 Å². The number of pyridine rings is 1. The average Bonchev–Trinajstić information content (AvgIpc) is 2.80. The van der Waals surface area contributed by atoms with E-state index in [0.717, 1.165) is 5.82 Å². The minimum absolute atomic E-state index is 0.246. The third-order valence-corrected chi connectivity index (χ3v) is 2.26. The van der Waals surface area contributed by atoms with Gasteiger partial charge in [0.2, 0.25) is 0 Å². The fourth-order valence-corrected chi connectivity index (χ4v) is 1.51. The van der Waals surface area contributed by atoms with E-state index in [1.807, 2.05) is 33.0 Å². The Hall–Kier alpha value is -2.37. The number of nitrogens with zero attached hydrogens (tertiary/aromatic N) is 3. The van der Waals surface area contributed by atoms with E-state index < -0.39 is 0 Å². The molecule has 0 spiro atoms. The molecule has 0 atom stereocenters. The third kappa shape index (κ3) is 3.80. The first-order valence-corrected chi connectivity index (χ1v) is 5.98. The molecule has 0 unspecified atom stereocenters. The van der Waals surface area contributed by atoms with Crippen molar-refractivity contribution in [2.45, 2.75) is 26.3 Å². The summed E-state index contributed by atoms with van der Waals surface area (Å²) in [6.45, 7) is 5.77. The van der Waals surface area contributed by atoms with Gasteiger partial charge in [0.25, 0.3) is 0 Å². The molecule has 2 heterocycles. The van der Waals surface area contributed by atoms with Gasteiger partial charge in [-0.05, 0) is 32.9 Å². The van der Waals surface area contributed by atoms with Crippen molar-refractivity contribution in [3.63, 3.8) is 0 Å². The summed E-state index contributed by atoms with van der Waals surface area (Å²) in [4.78, 5) is 19.9. The molecule has 6 nitrogen and oxygen atoms in total. The molecule has 0 radical (unpaired) electrons. The second kappa shape index (κ2) is 5.09. The van der Waals surface area contributed by atoms with Crippen LogP contribution in [0, 0.1) is 0 Å². The maximum atomic E-state index is 11.7. The molecule has 0 aromatic carbocycles. The molecule has 100 valence electrons. The number of carbonyl (C=O) groups excluding carboxylic acids is 1. The number of hydrogen-bond donors (Lipinski definition) is 2. The second-order valence-corrected chi connectivity index (χ2v) is 5.20. The van der Waals surface area contributed by atoms with Crippen LogP contribution in [0.1, 0.15) is 20.8 Å². The zero-order chi connectivity index (χ0) is 13.9. The minimum atomic E-state index is -0.270. The van der Waals surface area contributed by atoms with Crippen LogP contribution < -0.4 is 10.6 Å². The van der Waals surface area contributed by atoms with Gasteiger partial charge in [-0.3, -0.25) is 4.57 Å². The number of amides is 2. The monoisotopic (exact) mass is 259 g/mol. The maximum Gasteiger partial charge on any atom is 0.319 e. The number of nitrogens with one attached hydrogen (secondary N) is 2. The first-order chi connectivity index (χ1) is 8.94. The number of imidazole rings is 1. The summed E-state index contributed by atoms with van der Waals surface area (Å²) in [6, 6.07) is 3.36. The Labute approximate surface area is 111 Å². The first kappa shape index (κ1) is 13.1. The van der Waals surface area contributed by atoms with E-state index in [0.29, 0.717) is 5.69 Å². The summed E-state index contributed by atoms with van der Waals surface area (Å²) >= 11 is 0. The van der Waals surface area contributed by atoms with Crippen LogP contribution in [0.5, 0.6) is 0 Å². The molecule has 2 N–H and O–H groups in total. The number of anilines is 1. The SMILES string of the molecule is CC(C)(C)NC(=O)Nc1ccc(-n2ccnc2)nc1. The molecule has 2 rings (SSSR count). The molecule has 2 aromatic rings. The summed E-state index contributed by atoms with van der Waals surface area (Å²) in [7, 11) is 0. The van der Waals surface area contributed by atoms with Crippen LogP contribution >= 0.6 is 0 Å². The number of rotatable bonds is 2. The predicted molar refractivity (Wildman–Crippen MR) is 73.3 cm³/mol. The van der Waals surface area contributed by atoms with Gasteiger partial charge in [-0.25, -0.2) is 14.8 Å². The molecule has 19 heavy (non-hydrogen) atoms. The van der Waals surface area contributed by atoms with Gasteiger partial charge in [0.05, 0.1) is 11.9 Å². The molecular formula is C13H17N5O. The van der Waals surface area contributed by atoms with Crippen LogP contribution in [-0.4, -0.2) is 26.1 Å². The predicted octanol–water partition coefficient (Wildman–Crippen LogP) is 2.19. The molecule has 0 saturated heterocycles. The smallest absolute Gasteiger partial charge is 0.319 e. The van der Waals surface area contributed by atoms with Crippen LogP contribution in [0.2, 0.25) is 0 Å². The average molecular weight is 259 g/mol. The van der Waals surface area contributed by atoms with Crippen molar-refractivity contribution in [1.29, 1.82) is 0 Å². The van der Waals surface area contributed by atoms with E-state index in [4.69, 9.17) is 0 Å². The Morgan fingerprint density at radius 3 is 2.63 bits per heavy atom. The van der Waals surface area contributed by atoms with Crippen molar-refractivity contribution in [3.05, 3.63) is 37.1 Å². The van der Waals surface area contributed by atoms with E-state index in [1.165, 1.54) is 0 Å². The first-order valence-electron chi connectivity index (χ1n) is 5.98. The highest BCUT2D eigenvalue weighted by Crippen LogP contribution is 2.09. The van der Waals surface area contributed by atoms with Crippen molar-refractivity contribution in [3.8, 4) is 5.82 Å². The zero-order valence-electron chi connectivity index (χ0n) is 11.2. The van der Waals surface area contributed by atoms with Gasteiger partial charge >= 0.3 is 6.03 Å². The topological polar surface area (TPSA) is 71.8 Å². The van der Waals surface area contributed by atoms with Gasteiger partial charge in [-0.1, -0.05) is 0 Å². The van der Waals surface area contributed by atoms with Crippen molar-refractivity contribution in [1.82, 2.24) is 19.9 Å². The van der Waals surface area contributed by atoms with Gasteiger partial charge < -0.3 is 10.6 Å². The molecule has 2 aromatic heterocycles. The summed E-state index contributed by atoms with van der Waals surface area (Å²) in [5, 5.41) is 5.55. The molecule has 2 amide bonds. The lowest BCUT2D eigenvalue weighted by Crippen LogP contribution is -2.43. The Kier molecular flexibility index (Phi) is 3.50. The lowest BCUT2D eigenvalue weighted by atomic mass is 10.1. The summed E-state index contributed by atoms with van der Waals surface area (Å²) in [5.41, 5.74) is 0.375. The number of urea groups is 1. The largest absolute Gasteiger partial charge is 0.333 e. The standard InChI is InChI=1S/C13H17N5O/c1-13(2,3)17-12(19)16-10-4-5-11(15-8-10)18-7-6-14-9-18/h4-9H,1-3H3,(H2,16,17,19). The van der Waals surface area contributed by atoms with Crippen LogP contribution in [0.4, 0.5) is 10.5 Å². The molecule has 6 heteroatoms. The van der Waals surface area contributed by atoms with Crippen LogP contribution in [0.25, 0.3) is 5.82 Å². The fraction of sp³-hybridized carbons (Fsp3) is 0.308. The van der Waals surface area contributed by atoms with Crippen LogP contribution in [-0.2, 0) is 0 Å². The fourth-order valence-electron chi connectivity index (χ4n) is 1.51. The Balaban J connectivity index is 2.01. The van der Waals surface area contributed by atoms with E-state index in [1.54, 1.807) is 29.4 Å². The second-order valence-electron chi connectivity index (χ2n) is 5.20.